The van der Waals surface area contributed by atoms with Gasteiger partial charge in [-0.2, -0.15) is 8.42 Å². The minimum absolute atomic E-state index is 0.0817. The van der Waals surface area contributed by atoms with Gasteiger partial charge in [0.15, 0.2) is 5.17 Å². The second kappa shape index (κ2) is 4.63. The average molecular weight is 276 g/mol. The first-order valence-electron chi connectivity index (χ1n) is 4.68. The van der Waals surface area contributed by atoms with Gasteiger partial charge in [0.1, 0.15) is 10.7 Å². The molecule has 1 aromatic carbocycles. The monoisotopic (exact) mass is 276 g/mol. The summed E-state index contributed by atoms with van der Waals surface area (Å²) in [5.74, 6) is -0.298. The molecule has 0 aromatic heterocycles. The first kappa shape index (κ1) is 12.3. The third-order valence-electron chi connectivity index (χ3n) is 2.00. The highest BCUT2D eigenvalue weighted by atomic mass is 32.2. The Morgan fingerprint density at radius 3 is 2.94 bits per heavy atom. The van der Waals surface area contributed by atoms with E-state index in [0.29, 0.717) is 11.4 Å². The van der Waals surface area contributed by atoms with Gasteiger partial charge in [0.2, 0.25) is 0 Å². The van der Waals surface area contributed by atoms with Crippen molar-refractivity contribution < 1.29 is 17.9 Å². The zero-order valence-electron chi connectivity index (χ0n) is 8.55. The van der Waals surface area contributed by atoms with Gasteiger partial charge < -0.3 is 10.4 Å². The number of aliphatic hydroxyl groups excluding tert-OH is 1. The molecule has 2 N–H and O–H groups in total. The molecule has 0 saturated heterocycles. The van der Waals surface area contributed by atoms with Gasteiger partial charge in [0.05, 0.1) is 12.3 Å². The maximum atomic E-state index is 13.0. The Kier molecular flexibility index (Phi) is 3.36. The van der Waals surface area contributed by atoms with E-state index in [0.717, 1.165) is 17.8 Å². The number of anilines is 1. The van der Waals surface area contributed by atoms with Crippen molar-refractivity contribution in [1.29, 1.82) is 0 Å². The van der Waals surface area contributed by atoms with Crippen molar-refractivity contribution in [2.45, 2.75) is 4.90 Å². The number of halogens is 1. The number of amidine groups is 1. The number of rotatable bonds is 2. The van der Waals surface area contributed by atoms with Gasteiger partial charge in [-0.25, -0.2) is 4.39 Å². The van der Waals surface area contributed by atoms with Crippen molar-refractivity contribution in [2.75, 3.05) is 17.7 Å². The molecular weight excluding hydrogens is 267 g/mol. The maximum absolute atomic E-state index is 13.0. The number of aliphatic hydroxyl groups is 1. The van der Waals surface area contributed by atoms with E-state index in [1.54, 1.807) is 0 Å². The number of nitrogens with one attached hydrogen (secondary N) is 1. The Balaban J connectivity index is 2.40. The topological polar surface area (TPSA) is 78.8 Å². The van der Waals surface area contributed by atoms with Gasteiger partial charge in [-0.15, -0.1) is 4.40 Å². The van der Waals surface area contributed by atoms with Crippen molar-refractivity contribution >= 4 is 32.6 Å². The van der Waals surface area contributed by atoms with Crippen LogP contribution in [0.5, 0.6) is 0 Å². The first-order valence-corrected chi connectivity index (χ1v) is 7.11. The Labute approximate surface area is 102 Å². The van der Waals surface area contributed by atoms with Crippen LogP contribution >= 0.6 is 11.8 Å². The lowest BCUT2D eigenvalue weighted by Gasteiger charge is -2.17. The molecule has 0 spiro atoms. The largest absolute Gasteiger partial charge is 0.396 e. The average Bonchev–Trinajstić information content (AvgIpc) is 2.27. The molecule has 1 aliphatic heterocycles. The van der Waals surface area contributed by atoms with Crippen molar-refractivity contribution in [3.05, 3.63) is 24.0 Å². The highest BCUT2D eigenvalue weighted by molar-refractivity contribution is 8.14. The van der Waals surface area contributed by atoms with Crippen LogP contribution in [0.25, 0.3) is 0 Å². The van der Waals surface area contributed by atoms with E-state index in [2.05, 4.69) is 9.71 Å². The summed E-state index contributed by atoms with van der Waals surface area (Å²) in [6.45, 7) is -0.0817. The Morgan fingerprint density at radius 1 is 1.47 bits per heavy atom. The predicted molar refractivity (Wildman–Crippen MR) is 64.2 cm³/mol. The standard InChI is InChI=1S/C9H9FN2O3S2/c10-6-1-2-7-8(5-6)17(14,15)12-9(11-7)16-4-3-13/h1-2,5,13H,3-4H2,(H,11,12). The zero-order chi connectivity index (χ0) is 12.5. The van der Waals surface area contributed by atoms with Gasteiger partial charge in [-0.1, -0.05) is 11.8 Å². The first-order chi connectivity index (χ1) is 8.03. The molecule has 0 unspecified atom stereocenters. The van der Waals surface area contributed by atoms with Crippen molar-refractivity contribution in [3.63, 3.8) is 0 Å². The molecule has 1 aromatic rings. The Hall–Kier alpha value is -1.12. The molecule has 2 rings (SSSR count). The molecule has 1 heterocycles. The molecule has 0 amide bonds. The molecule has 1 aliphatic rings. The Bertz CT molecular complexity index is 572. The molecule has 8 heteroatoms. The number of benzene rings is 1. The molecule has 17 heavy (non-hydrogen) atoms. The molecule has 0 bridgehead atoms. The third-order valence-corrected chi connectivity index (χ3v) is 4.28. The zero-order valence-corrected chi connectivity index (χ0v) is 10.2. The number of hydrogen-bond acceptors (Lipinski definition) is 5. The van der Waals surface area contributed by atoms with Crippen LogP contribution in [0.1, 0.15) is 0 Å². The van der Waals surface area contributed by atoms with E-state index >= 15 is 0 Å². The van der Waals surface area contributed by atoms with Crippen LogP contribution in [-0.2, 0) is 10.0 Å². The number of fused-ring (bicyclic) bond motifs is 1. The van der Waals surface area contributed by atoms with E-state index in [4.69, 9.17) is 5.11 Å². The predicted octanol–water partition coefficient (Wildman–Crippen LogP) is 1.02. The summed E-state index contributed by atoms with van der Waals surface area (Å²) in [4.78, 5) is -0.175. The van der Waals surface area contributed by atoms with Crippen LogP contribution in [0.15, 0.2) is 27.5 Å². The molecule has 0 atom stereocenters. The summed E-state index contributed by atoms with van der Waals surface area (Å²) in [7, 11) is -3.86. The van der Waals surface area contributed by atoms with Gasteiger partial charge >= 0.3 is 0 Å². The molecule has 92 valence electrons. The maximum Gasteiger partial charge on any atom is 0.286 e. The van der Waals surface area contributed by atoms with Crippen molar-refractivity contribution in [3.8, 4) is 0 Å². The van der Waals surface area contributed by atoms with Crippen molar-refractivity contribution in [2.24, 2.45) is 4.40 Å². The summed E-state index contributed by atoms with van der Waals surface area (Å²) in [5.41, 5.74) is 0.293. The number of sulfonamides is 1. The minimum atomic E-state index is -3.86. The molecule has 0 radical (unpaired) electrons. The SMILES string of the molecule is O=S1(=O)N=C(SCCO)Nc2ccc(F)cc21. The van der Waals surface area contributed by atoms with Crippen LogP contribution in [0, 0.1) is 5.82 Å². The quantitative estimate of drug-likeness (QED) is 0.843. The minimum Gasteiger partial charge on any atom is -0.396 e. The van der Waals surface area contributed by atoms with Crippen LogP contribution < -0.4 is 5.32 Å². The van der Waals surface area contributed by atoms with E-state index < -0.39 is 15.8 Å². The van der Waals surface area contributed by atoms with Gasteiger partial charge in [0, 0.05) is 5.75 Å². The van der Waals surface area contributed by atoms with E-state index in [9.17, 15) is 12.8 Å². The Morgan fingerprint density at radius 2 is 2.24 bits per heavy atom. The van der Waals surface area contributed by atoms with Crippen LogP contribution in [0.3, 0.4) is 0 Å². The van der Waals surface area contributed by atoms with E-state index in [-0.39, 0.29) is 16.7 Å². The number of thioether (sulfide) groups is 1. The smallest absolute Gasteiger partial charge is 0.286 e. The third kappa shape index (κ3) is 2.59. The summed E-state index contributed by atoms with van der Waals surface area (Å²) < 4.78 is 39.9. The van der Waals surface area contributed by atoms with Crippen LogP contribution in [0.2, 0.25) is 0 Å². The summed E-state index contributed by atoms with van der Waals surface area (Å²) in [6, 6.07) is 3.44. The lowest BCUT2D eigenvalue weighted by atomic mass is 10.3. The highest BCUT2D eigenvalue weighted by Crippen LogP contribution is 2.29. The van der Waals surface area contributed by atoms with E-state index in [1.165, 1.54) is 12.1 Å². The van der Waals surface area contributed by atoms with Gasteiger partial charge in [-0.3, -0.25) is 0 Å². The fourth-order valence-corrected chi connectivity index (χ4v) is 3.31. The molecule has 0 fully saturated rings. The molecule has 0 aliphatic carbocycles. The van der Waals surface area contributed by atoms with Gasteiger partial charge in [0.25, 0.3) is 10.0 Å². The normalized spacial score (nSPS) is 16.9. The van der Waals surface area contributed by atoms with Crippen molar-refractivity contribution in [1.82, 2.24) is 0 Å². The molecular formula is C9H9FN2O3S2. The lowest BCUT2D eigenvalue weighted by Crippen LogP contribution is -2.19. The molecule has 5 nitrogen and oxygen atoms in total. The fourth-order valence-electron chi connectivity index (χ4n) is 1.31. The number of hydrogen-bond donors (Lipinski definition) is 2. The van der Waals surface area contributed by atoms with E-state index in [1.807, 2.05) is 0 Å². The number of nitrogens with zero attached hydrogens (tertiary/aromatic N) is 1. The fraction of sp³-hybridized carbons (Fsp3) is 0.222. The van der Waals surface area contributed by atoms with Gasteiger partial charge in [-0.05, 0) is 18.2 Å². The lowest BCUT2D eigenvalue weighted by molar-refractivity contribution is 0.323. The van der Waals surface area contributed by atoms with Crippen LogP contribution in [0.4, 0.5) is 10.1 Å². The summed E-state index contributed by atoms with van der Waals surface area (Å²) >= 11 is 1.08. The molecule has 0 saturated carbocycles. The summed E-state index contributed by atoms with van der Waals surface area (Å²) in [5, 5.41) is 11.6. The summed E-state index contributed by atoms with van der Waals surface area (Å²) in [6.07, 6.45) is 0. The second-order valence-electron chi connectivity index (χ2n) is 3.21. The highest BCUT2D eigenvalue weighted by Gasteiger charge is 2.25. The van der Waals surface area contributed by atoms with Crippen LogP contribution in [-0.4, -0.2) is 31.1 Å². The second-order valence-corrected chi connectivity index (χ2v) is 5.87.